The van der Waals surface area contributed by atoms with Crippen LogP contribution >= 0.6 is 24.0 Å². The van der Waals surface area contributed by atoms with Gasteiger partial charge in [-0.05, 0) is 73.7 Å². The van der Waals surface area contributed by atoms with Gasteiger partial charge in [0.1, 0.15) is 0 Å². The number of allylic oxidation sites excluding steroid dienone is 1. The average Bonchev–Trinajstić information content (AvgIpc) is 2.87. The Labute approximate surface area is 164 Å². The number of ether oxygens (including phenoxy) is 2. The van der Waals surface area contributed by atoms with Crippen LogP contribution in [0, 0.1) is 11.8 Å². The average molecular weight is 389 g/mol. The zero-order valence-corrected chi connectivity index (χ0v) is 16.8. The maximum absolute atomic E-state index is 12.5. The van der Waals surface area contributed by atoms with Gasteiger partial charge < -0.3 is 9.47 Å². The van der Waals surface area contributed by atoms with E-state index in [0.29, 0.717) is 34.0 Å². The standard InChI is InChI=1S/C21H24O3S2/c1-3-24-21(25)26-13-8-9-15(20(22)23-2)19-16-10-12-6-4-5-7-14(12)18(16)17(19)11-13/h4-7,13,16-18H,3,8-11H2,1-2H3/t13?,16-,17?,18+/m1/s1. The SMILES string of the molecule is CCOC(=S)SC1CCC(C(=O)OC)=C2C(C1)[C@H]1c3ccccc3C[C@@H]21. The van der Waals surface area contributed by atoms with Crippen molar-refractivity contribution >= 4 is 34.3 Å². The predicted octanol–water partition coefficient (Wildman–Crippen LogP) is 4.65. The summed E-state index contributed by atoms with van der Waals surface area (Å²) in [7, 11) is 1.49. The van der Waals surface area contributed by atoms with Crippen LogP contribution in [0.25, 0.3) is 0 Å². The number of hydrogen-bond acceptors (Lipinski definition) is 5. The van der Waals surface area contributed by atoms with Gasteiger partial charge in [-0.3, -0.25) is 0 Å². The molecule has 0 radical (unpaired) electrons. The number of hydrogen-bond donors (Lipinski definition) is 0. The summed E-state index contributed by atoms with van der Waals surface area (Å²) in [6, 6.07) is 8.76. The Morgan fingerprint density at radius 2 is 2.12 bits per heavy atom. The maximum Gasteiger partial charge on any atom is 0.333 e. The smallest absolute Gasteiger partial charge is 0.333 e. The second kappa shape index (κ2) is 7.35. The lowest BCUT2D eigenvalue weighted by Gasteiger charge is -2.45. The third kappa shape index (κ3) is 2.99. The third-order valence-electron chi connectivity index (χ3n) is 6.06. The molecule has 5 heteroatoms. The zero-order valence-electron chi connectivity index (χ0n) is 15.2. The van der Waals surface area contributed by atoms with Gasteiger partial charge in [-0.25, -0.2) is 4.79 Å². The highest BCUT2D eigenvalue weighted by Crippen LogP contribution is 2.62. The molecule has 0 saturated heterocycles. The molecule has 26 heavy (non-hydrogen) atoms. The van der Waals surface area contributed by atoms with Crippen LogP contribution in [0.4, 0.5) is 0 Å². The first-order valence-electron chi connectivity index (χ1n) is 9.36. The Bertz CT molecular complexity index is 770. The fourth-order valence-corrected chi connectivity index (χ4v) is 6.61. The van der Waals surface area contributed by atoms with Crippen LogP contribution in [0.5, 0.6) is 0 Å². The van der Waals surface area contributed by atoms with Crippen molar-refractivity contribution < 1.29 is 14.3 Å². The summed E-state index contributed by atoms with van der Waals surface area (Å²) in [5, 5.41) is 0.393. The van der Waals surface area contributed by atoms with Crippen LogP contribution in [0.15, 0.2) is 35.4 Å². The highest BCUT2D eigenvalue weighted by molar-refractivity contribution is 8.23. The van der Waals surface area contributed by atoms with E-state index in [1.807, 2.05) is 6.92 Å². The molecule has 0 bridgehead atoms. The number of carbonyl (C=O) groups is 1. The fourth-order valence-electron chi connectivity index (χ4n) is 5.09. The van der Waals surface area contributed by atoms with E-state index in [0.717, 1.165) is 31.3 Å². The van der Waals surface area contributed by atoms with Crippen LogP contribution in [0.1, 0.15) is 43.2 Å². The van der Waals surface area contributed by atoms with E-state index in [-0.39, 0.29) is 5.97 Å². The van der Waals surface area contributed by atoms with Gasteiger partial charge in [-0.15, -0.1) is 0 Å². The number of benzene rings is 1. The lowest BCUT2D eigenvalue weighted by Crippen LogP contribution is -2.38. The molecule has 4 rings (SSSR count). The lowest BCUT2D eigenvalue weighted by molar-refractivity contribution is -0.136. The number of thiocarbonyl (C=S) groups is 1. The second-order valence-corrected chi connectivity index (χ2v) is 9.17. The molecule has 0 aromatic heterocycles. The third-order valence-corrected chi connectivity index (χ3v) is 7.54. The van der Waals surface area contributed by atoms with Gasteiger partial charge in [0.25, 0.3) is 0 Å². The molecule has 1 aromatic rings. The Morgan fingerprint density at radius 1 is 1.31 bits per heavy atom. The molecule has 1 aromatic carbocycles. The molecule has 0 amide bonds. The van der Waals surface area contributed by atoms with E-state index in [2.05, 4.69) is 24.3 Å². The molecule has 2 unspecified atom stereocenters. The van der Waals surface area contributed by atoms with Gasteiger partial charge in [0.05, 0.1) is 13.7 Å². The van der Waals surface area contributed by atoms with Gasteiger partial charge in [-0.2, -0.15) is 0 Å². The Hall–Kier alpha value is -1.33. The number of methoxy groups -OCH3 is 1. The van der Waals surface area contributed by atoms with Crippen molar-refractivity contribution in [3.63, 3.8) is 0 Å². The molecule has 1 saturated carbocycles. The number of esters is 1. The highest BCUT2D eigenvalue weighted by Gasteiger charge is 2.53. The number of fused-ring (bicyclic) bond motifs is 6. The van der Waals surface area contributed by atoms with Gasteiger partial charge in [0.2, 0.25) is 4.38 Å². The van der Waals surface area contributed by atoms with E-state index in [1.165, 1.54) is 23.8 Å². The first-order chi connectivity index (χ1) is 12.6. The Balaban J connectivity index is 1.63. The molecule has 3 nitrogen and oxygen atoms in total. The number of thioether (sulfide) groups is 1. The second-order valence-electron chi connectivity index (χ2n) is 7.26. The largest absolute Gasteiger partial charge is 0.479 e. The van der Waals surface area contributed by atoms with Gasteiger partial charge >= 0.3 is 5.97 Å². The fraction of sp³-hybridized carbons (Fsp3) is 0.524. The highest BCUT2D eigenvalue weighted by atomic mass is 32.2. The van der Waals surface area contributed by atoms with E-state index in [1.54, 1.807) is 11.8 Å². The predicted molar refractivity (Wildman–Crippen MR) is 108 cm³/mol. The quantitative estimate of drug-likeness (QED) is 0.556. The molecule has 0 aliphatic heterocycles. The summed E-state index contributed by atoms with van der Waals surface area (Å²) in [5.41, 5.74) is 5.22. The molecular weight excluding hydrogens is 364 g/mol. The van der Waals surface area contributed by atoms with Crippen molar-refractivity contribution in [3.05, 3.63) is 46.5 Å². The monoisotopic (exact) mass is 388 g/mol. The normalized spacial score (nSPS) is 29.0. The van der Waals surface area contributed by atoms with Crippen molar-refractivity contribution in [1.82, 2.24) is 0 Å². The number of rotatable bonds is 3. The van der Waals surface area contributed by atoms with E-state index in [9.17, 15) is 4.79 Å². The summed E-state index contributed by atoms with van der Waals surface area (Å²) < 4.78 is 11.2. The molecule has 0 spiro atoms. The minimum Gasteiger partial charge on any atom is -0.479 e. The van der Waals surface area contributed by atoms with E-state index >= 15 is 0 Å². The summed E-state index contributed by atoms with van der Waals surface area (Å²) in [6.07, 6.45) is 3.85. The Morgan fingerprint density at radius 3 is 2.88 bits per heavy atom. The molecular formula is C21H24O3S2. The van der Waals surface area contributed by atoms with Crippen molar-refractivity contribution in [3.8, 4) is 0 Å². The van der Waals surface area contributed by atoms with E-state index in [4.69, 9.17) is 21.7 Å². The van der Waals surface area contributed by atoms with Gasteiger partial charge in [-0.1, -0.05) is 41.6 Å². The topological polar surface area (TPSA) is 35.5 Å². The van der Waals surface area contributed by atoms with Gasteiger partial charge in [0, 0.05) is 10.8 Å². The first kappa shape index (κ1) is 18.1. The lowest BCUT2D eigenvalue weighted by atomic mass is 9.58. The Kier molecular flexibility index (Phi) is 5.11. The molecule has 138 valence electrons. The van der Waals surface area contributed by atoms with Gasteiger partial charge in [0.15, 0.2) is 0 Å². The minimum atomic E-state index is -0.141. The van der Waals surface area contributed by atoms with Crippen molar-refractivity contribution in [2.75, 3.05) is 13.7 Å². The minimum absolute atomic E-state index is 0.141. The van der Waals surface area contributed by atoms with E-state index < -0.39 is 0 Å². The maximum atomic E-state index is 12.5. The van der Waals surface area contributed by atoms with Crippen molar-refractivity contribution in [2.45, 2.75) is 43.8 Å². The van der Waals surface area contributed by atoms with Crippen molar-refractivity contribution in [1.29, 1.82) is 0 Å². The zero-order chi connectivity index (χ0) is 18.3. The van der Waals surface area contributed by atoms with Crippen molar-refractivity contribution in [2.24, 2.45) is 11.8 Å². The summed E-state index contributed by atoms with van der Waals surface area (Å²) in [4.78, 5) is 12.5. The molecule has 0 heterocycles. The number of carbonyl (C=O) groups excluding carboxylic acids is 1. The summed E-state index contributed by atoms with van der Waals surface area (Å²) in [6.45, 7) is 2.57. The summed E-state index contributed by atoms with van der Waals surface area (Å²) >= 11 is 7.03. The van der Waals surface area contributed by atoms with Crippen LogP contribution in [0.2, 0.25) is 0 Å². The molecule has 0 N–H and O–H groups in total. The summed E-state index contributed by atoms with van der Waals surface area (Å²) in [5.74, 6) is 1.32. The molecule has 4 atom stereocenters. The van der Waals surface area contributed by atoms with Crippen LogP contribution < -0.4 is 0 Å². The van der Waals surface area contributed by atoms with Crippen LogP contribution in [-0.4, -0.2) is 29.3 Å². The molecule has 1 fully saturated rings. The van der Waals surface area contributed by atoms with Crippen LogP contribution in [0.3, 0.4) is 0 Å². The van der Waals surface area contributed by atoms with Crippen LogP contribution in [-0.2, 0) is 20.7 Å². The molecule has 3 aliphatic carbocycles. The molecule has 3 aliphatic rings. The first-order valence-corrected chi connectivity index (χ1v) is 10.6.